The van der Waals surface area contributed by atoms with Gasteiger partial charge in [-0.25, -0.2) is 14.5 Å². The number of esters is 1. The van der Waals surface area contributed by atoms with E-state index in [1.165, 1.54) is 11.1 Å². The van der Waals surface area contributed by atoms with Gasteiger partial charge in [0.05, 0.1) is 19.8 Å². The highest BCUT2D eigenvalue weighted by Crippen LogP contribution is 2.19. The number of carbonyl (C=O) groups is 1. The predicted molar refractivity (Wildman–Crippen MR) is 84.1 cm³/mol. The largest absolute Gasteiger partial charge is 0.483 e. The molecule has 0 aromatic carbocycles. The summed E-state index contributed by atoms with van der Waals surface area (Å²) in [6.07, 6.45) is 2.86. The van der Waals surface area contributed by atoms with Crippen molar-refractivity contribution in [2.24, 2.45) is 4.99 Å². The van der Waals surface area contributed by atoms with Gasteiger partial charge in [-0.2, -0.15) is 4.99 Å². The number of hydrogen-bond donors (Lipinski definition) is 0. The molecule has 0 unspecified atom stereocenters. The Balaban J connectivity index is 2.30. The molecule has 0 aliphatic carbocycles. The van der Waals surface area contributed by atoms with E-state index in [0.29, 0.717) is 18.3 Å². The van der Waals surface area contributed by atoms with Crippen LogP contribution in [-0.4, -0.2) is 45.6 Å². The van der Waals surface area contributed by atoms with Crippen LogP contribution in [0.1, 0.15) is 29.9 Å². The van der Waals surface area contributed by atoms with Gasteiger partial charge in [0.1, 0.15) is 5.15 Å². The van der Waals surface area contributed by atoms with Gasteiger partial charge in [0.25, 0.3) is 0 Å². The molecule has 122 valence electrons. The molecule has 0 N–H and O–H groups in total. The average molecular weight is 338 g/mol. The first-order chi connectivity index (χ1) is 11.2. The number of halogens is 1. The Bertz CT molecular complexity index is 684. The third-order valence-corrected chi connectivity index (χ3v) is 2.94. The first-order valence-electron chi connectivity index (χ1n) is 7.00. The van der Waals surface area contributed by atoms with Crippen LogP contribution in [0.15, 0.2) is 23.3 Å². The zero-order valence-electron chi connectivity index (χ0n) is 12.8. The molecule has 0 bridgehead atoms. The third-order valence-electron chi connectivity index (χ3n) is 2.71. The molecular formula is C14H16ClN5O3. The maximum atomic E-state index is 11.9. The number of rotatable bonds is 7. The van der Waals surface area contributed by atoms with E-state index < -0.39 is 5.97 Å². The lowest BCUT2D eigenvalue weighted by atomic mass is 10.3. The van der Waals surface area contributed by atoms with Crippen LogP contribution in [0.2, 0.25) is 5.15 Å². The highest BCUT2D eigenvalue weighted by atomic mass is 35.5. The fourth-order valence-electron chi connectivity index (χ4n) is 1.71. The molecule has 2 aromatic rings. The maximum absolute atomic E-state index is 11.9. The van der Waals surface area contributed by atoms with Gasteiger partial charge < -0.3 is 9.47 Å². The second-order valence-electron chi connectivity index (χ2n) is 4.32. The molecule has 23 heavy (non-hydrogen) atoms. The lowest BCUT2D eigenvalue weighted by Gasteiger charge is -2.04. The van der Waals surface area contributed by atoms with E-state index in [1.807, 2.05) is 6.92 Å². The standard InChI is InChI=1S/C14H16ClN5O3/c1-3-22-9-17-13-12(14(21)23-4-2)18-19-20(13)8-10-5-6-11(15)16-7-10/h5-7,9H,3-4,8H2,1-2H3/b17-9+. The van der Waals surface area contributed by atoms with E-state index >= 15 is 0 Å². The zero-order valence-corrected chi connectivity index (χ0v) is 13.5. The zero-order chi connectivity index (χ0) is 16.7. The van der Waals surface area contributed by atoms with Crippen molar-refractivity contribution in [1.29, 1.82) is 0 Å². The summed E-state index contributed by atoms with van der Waals surface area (Å²) in [4.78, 5) is 20.0. The number of carbonyl (C=O) groups excluding carboxylic acids is 1. The Kier molecular flexibility index (Phi) is 6.04. The minimum atomic E-state index is -0.586. The maximum Gasteiger partial charge on any atom is 0.362 e. The molecule has 0 fully saturated rings. The van der Waals surface area contributed by atoms with Crippen molar-refractivity contribution in [1.82, 2.24) is 20.0 Å². The van der Waals surface area contributed by atoms with Crippen LogP contribution in [0.4, 0.5) is 5.82 Å². The Hall–Kier alpha value is -2.48. The summed E-state index contributed by atoms with van der Waals surface area (Å²) in [5.74, 6) is -0.330. The molecule has 0 aliphatic rings. The fourth-order valence-corrected chi connectivity index (χ4v) is 1.82. The van der Waals surface area contributed by atoms with E-state index in [0.717, 1.165) is 5.56 Å². The third kappa shape index (κ3) is 4.49. The Labute approximate surface area is 138 Å². The quantitative estimate of drug-likeness (QED) is 0.333. The van der Waals surface area contributed by atoms with Gasteiger partial charge in [-0.3, -0.25) is 0 Å². The molecule has 2 rings (SSSR count). The van der Waals surface area contributed by atoms with Gasteiger partial charge in [0.2, 0.25) is 5.69 Å². The van der Waals surface area contributed by atoms with Gasteiger partial charge in [-0.15, -0.1) is 5.10 Å². The fraction of sp³-hybridized carbons (Fsp3) is 0.357. The van der Waals surface area contributed by atoms with E-state index in [4.69, 9.17) is 21.1 Å². The van der Waals surface area contributed by atoms with Gasteiger partial charge in [-0.1, -0.05) is 22.9 Å². The molecule has 9 heteroatoms. The SMILES string of the molecule is CCO/C=N/c1c(C(=O)OCC)nnn1Cc1ccc(Cl)nc1. The average Bonchev–Trinajstić information content (AvgIpc) is 2.93. The first kappa shape index (κ1) is 16.9. The molecule has 0 aliphatic heterocycles. The van der Waals surface area contributed by atoms with Gasteiger partial charge in [0, 0.05) is 6.20 Å². The van der Waals surface area contributed by atoms with E-state index in [2.05, 4.69) is 20.3 Å². The molecular weight excluding hydrogens is 322 g/mol. The number of aliphatic imine (C=N–C) groups is 1. The van der Waals surface area contributed by atoms with Crippen molar-refractivity contribution >= 4 is 29.8 Å². The summed E-state index contributed by atoms with van der Waals surface area (Å²) in [5, 5.41) is 8.20. The molecule has 0 saturated heterocycles. The first-order valence-corrected chi connectivity index (χ1v) is 7.38. The number of aromatic nitrogens is 4. The van der Waals surface area contributed by atoms with Gasteiger partial charge >= 0.3 is 5.97 Å². The van der Waals surface area contributed by atoms with Crippen molar-refractivity contribution in [3.05, 3.63) is 34.7 Å². The van der Waals surface area contributed by atoms with Crippen molar-refractivity contribution in [2.45, 2.75) is 20.4 Å². The highest BCUT2D eigenvalue weighted by Gasteiger charge is 2.20. The number of ether oxygens (including phenoxy) is 2. The smallest absolute Gasteiger partial charge is 0.362 e. The Morgan fingerprint density at radius 2 is 2.22 bits per heavy atom. The lowest BCUT2D eigenvalue weighted by molar-refractivity contribution is 0.0520. The van der Waals surface area contributed by atoms with Gasteiger partial charge in [-0.05, 0) is 25.5 Å². The highest BCUT2D eigenvalue weighted by molar-refractivity contribution is 6.29. The minimum Gasteiger partial charge on any atom is -0.483 e. The van der Waals surface area contributed by atoms with Crippen LogP contribution in [-0.2, 0) is 16.0 Å². The molecule has 0 amide bonds. The molecule has 2 aromatic heterocycles. The number of hydrogen-bond acceptors (Lipinski definition) is 7. The monoisotopic (exact) mass is 337 g/mol. The number of pyridine rings is 1. The Morgan fingerprint density at radius 1 is 1.39 bits per heavy atom. The normalized spacial score (nSPS) is 10.9. The van der Waals surface area contributed by atoms with Crippen LogP contribution >= 0.6 is 11.6 Å². The summed E-state index contributed by atoms with van der Waals surface area (Å²) in [5.41, 5.74) is 0.868. The van der Waals surface area contributed by atoms with Crippen molar-refractivity contribution < 1.29 is 14.3 Å². The summed E-state index contributed by atoms with van der Waals surface area (Å²) < 4.78 is 11.5. The lowest BCUT2D eigenvalue weighted by Crippen LogP contribution is -2.06. The van der Waals surface area contributed by atoms with E-state index in [9.17, 15) is 4.79 Å². The molecule has 2 heterocycles. The Morgan fingerprint density at radius 3 is 2.87 bits per heavy atom. The molecule has 0 radical (unpaired) electrons. The summed E-state index contributed by atoms with van der Waals surface area (Å²) in [6, 6.07) is 3.47. The minimum absolute atomic E-state index is 0.0322. The van der Waals surface area contributed by atoms with Crippen LogP contribution < -0.4 is 0 Å². The molecule has 0 saturated carbocycles. The van der Waals surface area contributed by atoms with E-state index in [1.54, 1.807) is 25.3 Å². The van der Waals surface area contributed by atoms with Crippen LogP contribution in [0.5, 0.6) is 0 Å². The molecule has 8 nitrogen and oxygen atoms in total. The summed E-state index contributed by atoms with van der Waals surface area (Å²) >= 11 is 5.76. The second kappa shape index (κ2) is 8.23. The van der Waals surface area contributed by atoms with Crippen molar-refractivity contribution in [3.63, 3.8) is 0 Å². The topological polar surface area (TPSA) is 91.5 Å². The summed E-state index contributed by atoms with van der Waals surface area (Å²) in [6.45, 7) is 4.57. The van der Waals surface area contributed by atoms with Crippen molar-refractivity contribution in [2.75, 3.05) is 13.2 Å². The van der Waals surface area contributed by atoms with Crippen LogP contribution in [0.25, 0.3) is 0 Å². The second-order valence-corrected chi connectivity index (χ2v) is 4.71. The van der Waals surface area contributed by atoms with Crippen molar-refractivity contribution in [3.8, 4) is 0 Å². The van der Waals surface area contributed by atoms with Gasteiger partial charge in [0.15, 0.2) is 12.2 Å². The van der Waals surface area contributed by atoms with Crippen LogP contribution in [0.3, 0.4) is 0 Å². The van der Waals surface area contributed by atoms with E-state index in [-0.39, 0.29) is 18.1 Å². The predicted octanol–water partition coefficient (Wildman–Crippen LogP) is 2.25. The molecule has 0 atom stereocenters. The molecule has 0 spiro atoms. The summed E-state index contributed by atoms with van der Waals surface area (Å²) in [7, 11) is 0. The van der Waals surface area contributed by atoms with Crippen LogP contribution in [0, 0.1) is 0 Å². The number of nitrogens with zero attached hydrogens (tertiary/aromatic N) is 5.